The topological polar surface area (TPSA) is 92.9 Å². The maximum atomic E-state index is 12.7. The lowest BCUT2D eigenvalue weighted by Gasteiger charge is -2.11. The lowest BCUT2D eigenvalue weighted by molar-refractivity contribution is -0.137. The highest BCUT2D eigenvalue weighted by molar-refractivity contribution is 5.84. The van der Waals surface area contributed by atoms with Crippen molar-refractivity contribution in [1.82, 2.24) is 20.5 Å². The highest BCUT2D eigenvalue weighted by Crippen LogP contribution is 2.32. The Labute approximate surface area is 169 Å². The van der Waals surface area contributed by atoms with Crippen LogP contribution < -0.4 is 10.6 Å². The second-order valence-electron chi connectivity index (χ2n) is 6.18. The Morgan fingerprint density at radius 1 is 1.13 bits per heavy atom. The van der Waals surface area contributed by atoms with Crippen LogP contribution in [0.2, 0.25) is 0 Å². The molecule has 30 heavy (non-hydrogen) atoms. The maximum absolute atomic E-state index is 12.7. The van der Waals surface area contributed by atoms with E-state index in [0.717, 1.165) is 12.1 Å². The molecule has 3 heterocycles. The average Bonchev–Trinajstić information content (AvgIpc) is 3.38. The molecule has 0 saturated carbocycles. The second-order valence-corrected chi connectivity index (χ2v) is 6.18. The molecule has 1 aromatic carbocycles. The molecule has 1 fully saturated rings. The van der Waals surface area contributed by atoms with Gasteiger partial charge in [-0.3, -0.25) is 4.79 Å². The molecular formula is C20H16F3N5O2. The molecule has 10 heteroatoms. The quantitative estimate of drug-likeness (QED) is 0.631. The molecule has 1 amide bonds. The third-order valence-electron chi connectivity index (χ3n) is 4.29. The van der Waals surface area contributed by atoms with Gasteiger partial charge in [0.05, 0.1) is 11.3 Å². The number of rotatable bonds is 4. The number of nitrogens with zero attached hydrogens (tertiary/aromatic N) is 3. The van der Waals surface area contributed by atoms with Crippen molar-refractivity contribution in [3.05, 3.63) is 54.0 Å². The number of nitrogens with one attached hydrogen (secondary N) is 2. The minimum Gasteiger partial charge on any atom is -0.418 e. The number of anilines is 2. The van der Waals surface area contributed by atoms with Gasteiger partial charge in [0.15, 0.2) is 5.69 Å². The van der Waals surface area contributed by atoms with Crippen molar-refractivity contribution in [3.8, 4) is 24.4 Å². The Hall–Kier alpha value is -3.87. The normalized spacial score (nSPS) is 15.8. The van der Waals surface area contributed by atoms with E-state index in [9.17, 15) is 18.0 Å². The number of benzene rings is 1. The molecule has 2 aromatic heterocycles. The fourth-order valence-corrected chi connectivity index (χ4v) is 2.88. The summed E-state index contributed by atoms with van der Waals surface area (Å²) in [5.74, 6) is -0.337. The Morgan fingerprint density at radius 2 is 1.87 bits per heavy atom. The Balaban J connectivity index is 0.00000124. The first-order valence-electron chi connectivity index (χ1n) is 8.76. The minimum atomic E-state index is -4.40. The molecule has 0 bridgehead atoms. The lowest BCUT2D eigenvalue weighted by Crippen LogP contribution is -2.18. The van der Waals surface area contributed by atoms with Crippen molar-refractivity contribution < 1.29 is 22.4 Å². The zero-order chi connectivity index (χ0) is 21.7. The summed E-state index contributed by atoms with van der Waals surface area (Å²) in [6.45, 7) is 0.547. The number of carbonyl (C=O) groups excluding carboxylic acids is 1. The summed E-state index contributed by atoms with van der Waals surface area (Å²) >= 11 is 0. The summed E-state index contributed by atoms with van der Waals surface area (Å²) in [7, 11) is 0. The second kappa shape index (κ2) is 8.65. The molecule has 0 spiro atoms. The molecule has 2 N–H and O–H groups in total. The largest absolute Gasteiger partial charge is 0.418 e. The summed E-state index contributed by atoms with van der Waals surface area (Å²) in [5.41, 5.74) is 0.519. The number of hydrogen-bond donors (Lipinski definition) is 2. The zero-order valence-corrected chi connectivity index (χ0v) is 15.5. The van der Waals surface area contributed by atoms with E-state index in [1.54, 1.807) is 12.1 Å². The molecule has 1 saturated heterocycles. The van der Waals surface area contributed by atoms with E-state index in [1.807, 2.05) is 0 Å². The van der Waals surface area contributed by atoms with Crippen molar-refractivity contribution >= 4 is 17.3 Å². The standard InChI is InChI=1S/C18H14F3N5O2.C2H2/c19-18(20,21)10-3-5-11(6-4-10)24-13-2-1-8-22-14(13)17-26-25-16(28-17)12-7-9-23-15(12)27;1-2/h1-6,8,12,24H,7,9H2,(H,23,27);1-2H. The number of aromatic nitrogens is 3. The van der Waals surface area contributed by atoms with Crippen LogP contribution in [0, 0.1) is 12.8 Å². The van der Waals surface area contributed by atoms with Crippen molar-refractivity contribution in [1.29, 1.82) is 0 Å². The van der Waals surface area contributed by atoms with E-state index in [4.69, 9.17) is 4.42 Å². The number of alkyl halides is 3. The van der Waals surface area contributed by atoms with Gasteiger partial charge in [-0.1, -0.05) is 0 Å². The fourth-order valence-electron chi connectivity index (χ4n) is 2.88. The summed E-state index contributed by atoms with van der Waals surface area (Å²) in [6, 6.07) is 7.97. The highest BCUT2D eigenvalue weighted by Gasteiger charge is 2.32. The van der Waals surface area contributed by atoms with Gasteiger partial charge in [-0.15, -0.1) is 23.0 Å². The van der Waals surface area contributed by atoms with Crippen LogP contribution in [-0.2, 0) is 11.0 Å². The number of pyridine rings is 1. The van der Waals surface area contributed by atoms with Gasteiger partial charge >= 0.3 is 6.18 Å². The van der Waals surface area contributed by atoms with E-state index in [0.29, 0.717) is 30.0 Å². The number of hydrogen-bond acceptors (Lipinski definition) is 6. The molecule has 4 rings (SSSR count). The van der Waals surface area contributed by atoms with Crippen LogP contribution in [0.5, 0.6) is 0 Å². The molecule has 154 valence electrons. The molecule has 3 aromatic rings. The summed E-state index contributed by atoms with van der Waals surface area (Å²) < 4.78 is 43.7. The number of carbonyl (C=O) groups is 1. The third kappa shape index (κ3) is 4.41. The summed E-state index contributed by atoms with van der Waals surface area (Å²) in [4.78, 5) is 16.0. The lowest BCUT2D eigenvalue weighted by atomic mass is 10.1. The van der Waals surface area contributed by atoms with Gasteiger partial charge in [-0.25, -0.2) is 4.98 Å². The number of amides is 1. The van der Waals surface area contributed by atoms with Crippen LogP contribution in [0.4, 0.5) is 24.5 Å². The molecule has 1 unspecified atom stereocenters. The van der Waals surface area contributed by atoms with Gasteiger partial charge in [0, 0.05) is 18.4 Å². The SMILES string of the molecule is C#C.O=C1NCCC1c1nnc(-c2ncccc2Nc2ccc(C(F)(F)F)cc2)o1. The molecular weight excluding hydrogens is 399 g/mol. The monoisotopic (exact) mass is 415 g/mol. The zero-order valence-electron chi connectivity index (χ0n) is 15.5. The van der Waals surface area contributed by atoms with Gasteiger partial charge in [-0.2, -0.15) is 13.2 Å². The molecule has 7 nitrogen and oxygen atoms in total. The van der Waals surface area contributed by atoms with Crippen molar-refractivity contribution in [3.63, 3.8) is 0 Å². The van der Waals surface area contributed by atoms with Crippen LogP contribution in [0.25, 0.3) is 11.6 Å². The van der Waals surface area contributed by atoms with Crippen molar-refractivity contribution in [2.45, 2.75) is 18.5 Å². The van der Waals surface area contributed by atoms with E-state index < -0.39 is 17.7 Å². The van der Waals surface area contributed by atoms with Crippen LogP contribution in [0.15, 0.2) is 47.0 Å². The first kappa shape index (κ1) is 20.9. The number of terminal acetylenes is 1. The summed E-state index contributed by atoms with van der Waals surface area (Å²) in [6.07, 6.45) is 5.70. The van der Waals surface area contributed by atoms with Crippen LogP contribution in [0.1, 0.15) is 23.8 Å². The predicted octanol–water partition coefficient (Wildman–Crippen LogP) is 3.75. The van der Waals surface area contributed by atoms with Crippen LogP contribution >= 0.6 is 0 Å². The van der Waals surface area contributed by atoms with Crippen molar-refractivity contribution in [2.75, 3.05) is 11.9 Å². The van der Waals surface area contributed by atoms with E-state index in [1.165, 1.54) is 18.3 Å². The molecule has 1 aliphatic rings. The highest BCUT2D eigenvalue weighted by atomic mass is 19.4. The van der Waals surface area contributed by atoms with Crippen LogP contribution in [0.3, 0.4) is 0 Å². The van der Waals surface area contributed by atoms with E-state index >= 15 is 0 Å². The van der Waals surface area contributed by atoms with Gasteiger partial charge in [-0.05, 0) is 42.8 Å². The van der Waals surface area contributed by atoms with E-state index in [-0.39, 0.29) is 17.7 Å². The molecule has 0 radical (unpaired) electrons. The maximum Gasteiger partial charge on any atom is 0.416 e. The smallest absolute Gasteiger partial charge is 0.416 e. The first-order valence-corrected chi connectivity index (χ1v) is 8.76. The molecule has 1 aliphatic heterocycles. The Kier molecular flexibility index (Phi) is 6.01. The van der Waals surface area contributed by atoms with Gasteiger partial charge in [0.25, 0.3) is 5.89 Å². The predicted molar refractivity (Wildman–Crippen MR) is 103 cm³/mol. The van der Waals surface area contributed by atoms with Crippen molar-refractivity contribution in [2.24, 2.45) is 0 Å². The summed E-state index contributed by atoms with van der Waals surface area (Å²) in [5, 5.41) is 13.6. The fraction of sp³-hybridized carbons (Fsp3) is 0.200. The number of halogens is 3. The molecule has 0 aliphatic carbocycles. The van der Waals surface area contributed by atoms with Gasteiger partial charge in [0.2, 0.25) is 11.8 Å². The van der Waals surface area contributed by atoms with E-state index in [2.05, 4.69) is 38.7 Å². The average molecular weight is 415 g/mol. The first-order chi connectivity index (χ1) is 14.4. The Morgan fingerprint density at radius 3 is 2.50 bits per heavy atom. The van der Waals surface area contributed by atoms with Crippen LogP contribution in [-0.4, -0.2) is 27.6 Å². The van der Waals surface area contributed by atoms with Gasteiger partial charge in [0.1, 0.15) is 5.92 Å². The minimum absolute atomic E-state index is 0.115. The molecule has 1 atom stereocenters. The third-order valence-corrected chi connectivity index (χ3v) is 4.29. The van der Waals surface area contributed by atoms with Gasteiger partial charge < -0.3 is 15.1 Å². The Bertz CT molecular complexity index is 1040.